The third-order valence-corrected chi connectivity index (χ3v) is 2.34. The fraction of sp³-hybridized carbons (Fsp3) is 0.286. The highest BCUT2D eigenvalue weighted by Gasteiger charge is 2.17. The molecule has 0 fully saturated rings. The number of nitrogens with zero attached hydrogens (tertiary/aromatic N) is 1. The van der Waals surface area contributed by atoms with Gasteiger partial charge in [0.1, 0.15) is 9.39 Å². The van der Waals surface area contributed by atoms with Gasteiger partial charge in [-0.15, -0.1) is 0 Å². The van der Waals surface area contributed by atoms with E-state index in [0.29, 0.717) is 0 Å². The molecule has 1 N–H and O–H groups in total. The van der Waals surface area contributed by atoms with Crippen LogP contribution in [0.25, 0.3) is 0 Å². The molecule has 0 spiro atoms. The summed E-state index contributed by atoms with van der Waals surface area (Å²) >= 11 is 1.66. The molecule has 0 aliphatic carbocycles. The summed E-state index contributed by atoms with van der Waals surface area (Å²) in [4.78, 5) is 3.34. The van der Waals surface area contributed by atoms with Crippen molar-refractivity contribution in [1.29, 1.82) is 0 Å². The average molecular weight is 303 g/mol. The number of halogens is 4. The topological polar surface area (TPSA) is 33.1 Å². The molecule has 0 saturated carbocycles. The Bertz CT molecular complexity index is 319. The minimum Gasteiger partial charge on any atom is -0.392 e. The zero-order chi connectivity index (χ0) is 10.0. The van der Waals surface area contributed by atoms with Crippen molar-refractivity contribution in [3.8, 4) is 0 Å². The van der Waals surface area contributed by atoms with Crippen molar-refractivity contribution in [2.45, 2.75) is 13.0 Å². The standard InChI is InChI=1S/C7H5F3INO/c8-4-1-3(2-13)7(11)12-5(4)6(9)10/h1,6,13H,2H2. The van der Waals surface area contributed by atoms with E-state index in [2.05, 4.69) is 4.98 Å². The molecule has 13 heavy (non-hydrogen) atoms. The number of rotatable bonds is 2. The van der Waals surface area contributed by atoms with Crippen LogP contribution in [0.3, 0.4) is 0 Å². The average Bonchev–Trinajstić information content (AvgIpc) is 2.07. The van der Waals surface area contributed by atoms with Gasteiger partial charge in [-0.1, -0.05) is 0 Å². The van der Waals surface area contributed by atoms with E-state index >= 15 is 0 Å². The lowest BCUT2D eigenvalue weighted by molar-refractivity contribution is 0.140. The van der Waals surface area contributed by atoms with Crippen LogP contribution < -0.4 is 0 Å². The van der Waals surface area contributed by atoms with Crippen molar-refractivity contribution < 1.29 is 18.3 Å². The molecule has 0 radical (unpaired) electrons. The fourth-order valence-electron chi connectivity index (χ4n) is 0.781. The number of aliphatic hydroxyl groups is 1. The van der Waals surface area contributed by atoms with Crippen molar-refractivity contribution in [3.05, 3.63) is 26.8 Å². The molecule has 1 aromatic heterocycles. The lowest BCUT2D eigenvalue weighted by atomic mass is 10.2. The summed E-state index contributed by atoms with van der Waals surface area (Å²) in [6.45, 7) is -0.411. The van der Waals surface area contributed by atoms with Crippen molar-refractivity contribution in [2.75, 3.05) is 0 Å². The molecular formula is C7H5F3INO. The molecule has 1 heterocycles. The summed E-state index contributed by atoms with van der Waals surface area (Å²) < 4.78 is 37.2. The Morgan fingerprint density at radius 1 is 1.54 bits per heavy atom. The van der Waals surface area contributed by atoms with E-state index in [9.17, 15) is 13.2 Å². The number of aliphatic hydroxyl groups excluding tert-OH is 1. The first-order valence-corrected chi connectivity index (χ1v) is 4.38. The summed E-state index contributed by atoms with van der Waals surface area (Å²) in [7, 11) is 0. The third kappa shape index (κ3) is 2.31. The minimum atomic E-state index is -2.93. The molecule has 0 amide bonds. The summed E-state index contributed by atoms with van der Waals surface area (Å²) in [5.41, 5.74) is -0.663. The molecular weight excluding hydrogens is 298 g/mol. The van der Waals surface area contributed by atoms with Crippen molar-refractivity contribution in [1.82, 2.24) is 4.98 Å². The van der Waals surface area contributed by atoms with Gasteiger partial charge in [0.2, 0.25) is 0 Å². The number of alkyl halides is 2. The first kappa shape index (κ1) is 10.7. The van der Waals surface area contributed by atoms with Gasteiger partial charge in [-0.25, -0.2) is 18.2 Å². The lowest BCUT2D eigenvalue weighted by Crippen LogP contribution is -2.02. The van der Waals surface area contributed by atoms with Gasteiger partial charge in [0, 0.05) is 5.56 Å². The Morgan fingerprint density at radius 3 is 2.62 bits per heavy atom. The predicted octanol–water partition coefficient (Wildman–Crippen LogP) is 2.26. The van der Waals surface area contributed by atoms with Crippen LogP contribution in [0.5, 0.6) is 0 Å². The molecule has 0 aromatic carbocycles. The molecule has 0 aliphatic rings. The molecule has 0 aliphatic heterocycles. The normalized spacial score (nSPS) is 10.9. The third-order valence-electron chi connectivity index (χ3n) is 1.41. The van der Waals surface area contributed by atoms with E-state index in [1.54, 1.807) is 22.6 Å². The Labute approximate surface area is 85.9 Å². The largest absolute Gasteiger partial charge is 0.392 e. The maximum atomic E-state index is 12.8. The SMILES string of the molecule is OCc1cc(F)c(C(F)F)nc1I. The van der Waals surface area contributed by atoms with E-state index < -0.39 is 24.5 Å². The lowest BCUT2D eigenvalue weighted by Gasteiger charge is -2.04. The molecule has 6 heteroatoms. The van der Waals surface area contributed by atoms with Gasteiger partial charge < -0.3 is 5.11 Å². The Kier molecular flexibility index (Phi) is 3.48. The van der Waals surface area contributed by atoms with Crippen molar-refractivity contribution in [3.63, 3.8) is 0 Å². The van der Waals surface area contributed by atoms with Crippen LogP contribution in [-0.2, 0) is 6.61 Å². The van der Waals surface area contributed by atoms with Crippen LogP contribution in [0.15, 0.2) is 6.07 Å². The maximum absolute atomic E-state index is 12.8. The highest BCUT2D eigenvalue weighted by molar-refractivity contribution is 14.1. The molecule has 0 atom stereocenters. The highest BCUT2D eigenvalue weighted by Crippen LogP contribution is 2.22. The van der Waals surface area contributed by atoms with Crippen LogP contribution in [0.4, 0.5) is 13.2 Å². The molecule has 72 valence electrons. The highest BCUT2D eigenvalue weighted by atomic mass is 127. The summed E-state index contributed by atoms with van der Waals surface area (Å²) in [6, 6.07) is 0.871. The second kappa shape index (κ2) is 4.23. The summed E-state index contributed by atoms with van der Waals surface area (Å²) in [5.74, 6) is -1.08. The second-order valence-corrected chi connectivity index (χ2v) is 3.29. The summed E-state index contributed by atoms with van der Waals surface area (Å²) in [5, 5.41) is 8.67. The molecule has 0 bridgehead atoms. The van der Waals surface area contributed by atoms with Crippen LogP contribution in [0.1, 0.15) is 17.7 Å². The zero-order valence-electron chi connectivity index (χ0n) is 6.27. The van der Waals surface area contributed by atoms with Crippen LogP contribution in [0.2, 0.25) is 0 Å². The molecule has 0 saturated heterocycles. The van der Waals surface area contributed by atoms with E-state index in [1.165, 1.54) is 0 Å². The molecule has 2 nitrogen and oxygen atoms in total. The van der Waals surface area contributed by atoms with E-state index in [4.69, 9.17) is 5.11 Å². The van der Waals surface area contributed by atoms with Crippen molar-refractivity contribution >= 4 is 22.6 Å². The molecule has 0 unspecified atom stereocenters. The van der Waals surface area contributed by atoms with Crippen LogP contribution in [-0.4, -0.2) is 10.1 Å². The first-order chi connectivity index (χ1) is 6.06. The van der Waals surface area contributed by atoms with Crippen LogP contribution in [0, 0.1) is 9.52 Å². The smallest absolute Gasteiger partial charge is 0.283 e. The number of aromatic nitrogens is 1. The number of hydrogen-bond donors (Lipinski definition) is 1. The molecule has 1 rings (SSSR count). The van der Waals surface area contributed by atoms with Gasteiger partial charge in [-0.05, 0) is 28.7 Å². The van der Waals surface area contributed by atoms with Crippen LogP contribution >= 0.6 is 22.6 Å². The summed E-state index contributed by atoms with van der Waals surface area (Å²) in [6.07, 6.45) is -2.93. The monoisotopic (exact) mass is 303 g/mol. The van der Waals surface area contributed by atoms with Crippen molar-refractivity contribution in [2.24, 2.45) is 0 Å². The van der Waals surface area contributed by atoms with Gasteiger partial charge in [0.15, 0.2) is 5.82 Å². The first-order valence-electron chi connectivity index (χ1n) is 3.30. The number of hydrogen-bond acceptors (Lipinski definition) is 2. The number of pyridine rings is 1. The van der Waals surface area contributed by atoms with E-state index in [1.807, 2.05) is 0 Å². The van der Waals surface area contributed by atoms with Gasteiger partial charge in [-0.2, -0.15) is 0 Å². The van der Waals surface area contributed by atoms with Gasteiger partial charge in [0.25, 0.3) is 6.43 Å². The minimum absolute atomic E-state index is 0.191. The molecule has 1 aromatic rings. The van der Waals surface area contributed by atoms with Gasteiger partial charge >= 0.3 is 0 Å². The van der Waals surface area contributed by atoms with Gasteiger partial charge in [0.05, 0.1) is 6.61 Å². The Hall–Kier alpha value is -0.370. The van der Waals surface area contributed by atoms with E-state index in [-0.39, 0.29) is 9.26 Å². The Balaban J connectivity index is 3.20. The van der Waals surface area contributed by atoms with E-state index in [0.717, 1.165) is 6.07 Å². The van der Waals surface area contributed by atoms with Gasteiger partial charge in [-0.3, -0.25) is 0 Å². The Morgan fingerprint density at radius 2 is 2.15 bits per heavy atom. The maximum Gasteiger partial charge on any atom is 0.283 e. The second-order valence-electron chi connectivity index (χ2n) is 2.26. The quantitative estimate of drug-likeness (QED) is 0.671. The zero-order valence-corrected chi connectivity index (χ0v) is 8.43. The predicted molar refractivity (Wildman–Crippen MR) is 47.8 cm³/mol. The fourth-order valence-corrected chi connectivity index (χ4v) is 1.37.